The minimum absolute atomic E-state index is 0.476. The Hall–Kier alpha value is -2.24. The van der Waals surface area contributed by atoms with Gasteiger partial charge in [-0.25, -0.2) is 4.79 Å². The molecule has 0 aliphatic rings. The van der Waals surface area contributed by atoms with Gasteiger partial charge in [-0.1, -0.05) is 22.5 Å². The van der Waals surface area contributed by atoms with Crippen LogP contribution in [0.25, 0.3) is 11.0 Å². The molecule has 0 atom stereocenters. The molecule has 15 heavy (non-hydrogen) atoms. The van der Waals surface area contributed by atoms with Crippen LogP contribution in [-0.2, 0) is 9.63 Å². The van der Waals surface area contributed by atoms with Crippen LogP contribution < -0.4 is 0 Å². The molecule has 1 aromatic carbocycles. The Morgan fingerprint density at radius 3 is 3.13 bits per heavy atom. The predicted molar refractivity (Wildman–Crippen MR) is 53.2 cm³/mol. The number of para-hydroxylation sites is 1. The van der Waals surface area contributed by atoms with Crippen LogP contribution in [0.4, 0.5) is 0 Å². The summed E-state index contributed by atoms with van der Waals surface area (Å²) in [5.74, 6) is -0.476. The fraction of sp³-hybridized carbons (Fsp3) is 0.111. The summed E-state index contributed by atoms with van der Waals surface area (Å²) in [6, 6.07) is 7.40. The van der Waals surface area contributed by atoms with Crippen molar-refractivity contribution in [1.82, 2.24) is 15.0 Å². The van der Waals surface area contributed by atoms with E-state index in [0.29, 0.717) is 0 Å². The van der Waals surface area contributed by atoms with Gasteiger partial charge in [0.1, 0.15) is 5.52 Å². The van der Waals surface area contributed by atoms with Gasteiger partial charge in [0, 0.05) is 6.92 Å². The second kappa shape index (κ2) is 3.87. The van der Waals surface area contributed by atoms with Gasteiger partial charge in [0.25, 0.3) is 0 Å². The summed E-state index contributed by atoms with van der Waals surface area (Å²) in [5, 5.41) is 11.2. The molecule has 6 heteroatoms. The molecule has 0 aliphatic carbocycles. The quantitative estimate of drug-likeness (QED) is 0.314. The largest absolute Gasteiger partial charge is 0.332 e. The van der Waals surface area contributed by atoms with Crippen molar-refractivity contribution in [2.45, 2.75) is 6.92 Å². The summed E-state index contributed by atoms with van der Waals surface area (Å²) >= 11 is 0. The molecule has 76 valence electrons. The van der Waals surface area contributed by atoms with Crippen LogP contribution in [0.1, 0.15) is 6.92 Å². The van der Waals surface area contributed by atoms with E-state index in [4.69, 9.17) is 0 Å². The number of aromatic nitrogens is 3. The topological polar surface area (TPSA) is 69.4 Å². The molecule has 2 aromatic rings. The van der Waals surface area contributed by atoms with E-state index in [2.05, 4.69) is 20.3 Å². The number of oxime groups is 1. The Labute approximate surface area is 85.1 Å². The molecule has 1 heterocycles. The lowest BCUT2D eigenvalue weighted by molar-refractivity contribution is -0.140. The molecule has 0 spiro atoms. The van der Waals surface area contributed by atoms with Crippen LogP contribution in [0, 0.1) is 0 Å². The van der Waals surface area contributed by atoms with Crippen molar-refractivity contribution >= 4 is 23.3 Å². The second-order valence-corrected chi connectivity index (χ2v) is 2.83. The predicted octanol–water partition coefficient (Wildman–Crippen LogP) is 0.786. The van der Waals surface area contributed by atoms with Gasteiger partial charge in [-0.3, -0.25) is 0 Å². The Morgan fingerprint density at radius 1 is 1.53 bits per heavy atom. The second-order valence-electron chi connectivity index (χ2n) is 2.83. The van der Waals surface area contributed by atoms with E-state index in [1.165, 1.54) is 17.9 Å². The average molecular weight is 204 g/mol. The van der Waals surface area contributed by atoms with Crippen LogP contribution in [0.15, 0.2) is 29.4 Å². The smallest absolute Gasteiger partial charge is 0.317 e. The van der Waals surface area contributed by atoms with Crippen molar-refractivity contribution in [3.63, 3.8) is 0 Å². The fourth-order valence-corrected chi connectivity index (χ4v) is 1.11. The van der Waals surface area contributed by atoms with Crippen molar-refractivity contribution in [3.05, 3.63) is 24.3 Å². The Morgan fingerprint density at radius 2 is 2.33 bits per heavy atom. The first kappa shape index (κ1) is 9.32. The molecule has 0 N–H and O–H groups in total. The van der Waals surface area contributed by atoms with Gasteiger partial charge in [0.05, 0.1) is 5.52 Å². The number of carbonyl (C=O) groups excluding carboxylic acids is 1. The number of hydrogen-bond donors (Lipinski definition) is 0. The highest BCUT2D eigenvalue weighted by Crippen LogP contribution is 2.07. The maximum Gasteiger partial charge on any atom is 0.332 e. The summed E-state index contributed by atoms with van der Waals surface area (Å²) in [4.78, 5) is 14.9. The van der Waals surface area contributed by atoms with Crippen molar-refractivity contribution in [2.24, 2.45) is 5.16 Å². The molecule has 2 rings (SSSR count). The Kier molecular flexibility index (Phi) is 2.40. The zero-order valence-electron chi connectivity index (χ0n) is 7.99. The third-order valence-corrected chi connectivity index (χ3v) is 1.72. The van der Waals surface area contributed by atoms with Crippen LogP contribution in [0.5, 0.6) is 0 Å². The fourth-order valence-electron chi connectivity index (χ4n) is 1.11. The molecule has 1 aromatic heterocycles. The minimum atomic E-state index is -0.476. The van der Waals surface area contributed by atoms with Gasteiger partial charge in [0.2, 0.25) is 0 Å². The molecule has 6 nitrogen and oxygen atoms in total. The van der Waals surface area contributed by atoms with Gasteiger partial charge in [-0.15, -0.1) is 5.10 Å². The monoisotopic (exact) mass is 204 g/mol. The SMILES string of the molecule is CC(=O)ON=Cn1nnc2ccccc21. The summed E-state index contributed by atoms with van der Waals surface area (Å²) in [6.45, 7) is 1.27. The van der Waals surface area contributed by atoms with E-state index >= 15 is 0 Å². The molecule has 0 bridgehead atoms. The van der Waals surface area contributed by atoms with E-state index in [1.807, 2.05) is 24.3 Å². The maximum absolute atomic E-state index is 10.5. The number of nitrogens with zero attached hydrogens (tertiary/aromatic N) is 4. The molecule has 0 aliphatic heterocycles. The molecule has 0 unspecified atom stereocenters. The van der Waals surface area contributed by atoms with E-state index in [0.717, 1.165) is 11.0 Å². The number of carbonyl (C=O) groups is 1. The number of fused-ring (bicyclic) bond motifs is 1. The lowest BCUT2D eigenvalue weighted by atomic mass is 10.3. The minimum Gasteiger partial charge on any atom is -0.317 e. The van der Waals surface area contributed by atoms with Crippen LogP contribution in [0.3, 0.4) is 0 Å². The number of benzene rings is 1. The van der Waals surface area contributed by atoms with Gasteiger partial charge in [-0.2, -0.15) is 4.68 Å². The van der Waals surface area contributed by atoms with Crippen molar-refractivity contribution in [3.8, 4) is 0 Å². The Bertz CT molecular complexity index is 518. The highest BCUT2D eigenvalue weighted by molar-refractivity contribution is 5.80. The maximum atomic E-state index is 10.5. The van der Waals surface area contributed by atoms with Crippen molar-refractivity contribution < 1.29 is 9.63 Å². The third kappa shape index (κ3) is 1.98. The molecular formula is C9H8N4O2. The lowest BCUT2D eigenvalue weighted by Crippen LogP contribution is -2.00. The first-order valence-electron chi connectivity index (χ1n) is 4.28. The normalized spacial score (nSPS) is 11.0. The zero-order chi connectivity index (χ0) is 10.7. The van der Waals surface area contributed by atoms with E-state index < -0.39 is 5.97 Å². The molecule has 0 fully saturated rings. The number of rotatable bonds is 2. The van der Waals surface area contributed by atoms with Gasteiger partial charge in [0.15, 0.2) is 6.34 Å². The van der Waals surface area contributed by atoms with Gasteiger partial charge >= 0.3 is 5.97 Å². The highest BCUT2D eigenvalue weighted by atomic mass is 16.7. The van der Waals surface area contributed by atoms with E-state index in [9.17, 15) is 4.79 Å². The molecule has 0 saturated heterocycles. The van der Waals surface area contributed by atoms with Gasteiger partial charge in [-0.05, 0) is 12.1 Å². The lowest BCUT2D eigenvalue weighted by Gasteiger charge is -1.91. The standard InChI is InChI=1S/C9H8N4O2/c1-7(14)15-10-6-13-9-5-3-2-4-8(9)11-12-13/h2-6H,1H3. The molecule has 0 amide bonds. The zero-order valence-corrected chi connectivity index (χ0v) is 7.99. The third-order valence-electron chi connectivity index (χ3n) is 1.72. The number of hydrogen-bond acceptors (Lipinski definition) is 5. The summed E-state index contributed by atoms with van der Waals surface area (Å²) < 4.78 is 1.43. The van der Waals surface area contributed by atoms with Crippen molar-refractivity contribution in [1.29, 1.82) is 0 Å². The van der Waals surface area contributed by atoms with Crippen LogP contribution >= 0.6 is 0 Å². The van der Waals surface area contributed by atoms with E-state index in [1.54, 1.807) is 0 Å². The highest BCUT2D eigenvalue weighted by Gasteiger charge is 2.00. The summed E-state index contributed by atoms with van der Waals surface area (Å²) in [5.41, 5.74) is 1.56. The first-order valence-corrected chi connectivity index (χ1v) is 4.28. The van der Waals surface area contributed by atoms with Gasteiger partial charge < -0.3 is 4.84 Å². The van der Waals surface area contributed by atoms with Crippen LogP contribution in [-0.4, -0.2) is 27.3 Å². The van der Waals surface area contributed by atoms with Crippen LogP contribution in [0.2, 0.25) is 0 Å². The first-order chi connectivity index (χ1) is 7.27. The molecule has 0 radical (unpaired) electrons. The molecule has 0 saturated carbocycles. The van der Waals surface area contributed by atoms with E-state index in [-0.39, 0.29) is 0 Å². The summed E-state index contributed by atoms with van der Waals surface area (Å²) in [7, 11) is 0. The molecular weight excluding hydrogens is 196 g/mol. The Balaban J connectivity index is 2.28. The van der Waals surface area contributed by atoms with Crippen molar-refractivity contribution in [2.75, 3.05) is 0 Å². The summed E-state index contributed by atoms with van der Waals surface area (Å²) in [6.07, 6.45) is 1.29. The average Bonchev–Trinajstić information content (AvgIpc) is 2.62.